The maximum atomic E-state index is 4.58. The predicted molar refractivity (Wildman–Crippen MR) is 109 cm³/mol. The van der Waals surface area contributed by atoms with E-state index in [-0.39, 0.29) is 0 Å². The number of hydrogen-bond donors (Lipinski definition) is 1. The number of amidine groups is 1. The lowest BCUT2D eigenvalue weighted by molar-refractivity contribution is 0.664. The molecule has 0 radical (unpaired) electrons. The Bertz CT molecular complexity index is 788. The SMILES string of the molecule is Cc1cc(C2=NNC(=NCC(C)C)SC2)c(C)n1Cc1ccccc1. The van der Waals surface area contributed by atoms with Crippen molar-refractivity contribution in [1.29, 1.82) is 0 Å². The molecule has 0 amide bonds. The molecule has 2 heterocycles. The Morgan fingerprint density at radius 1 is 1.24 bits per heavy atom. The second-order valence-corrected chi connectivity index (χ2v) is 7.82. The summed E-state index contributed by atoms with van der Waals surface area (Å²) in [7, 11) is 0. The van der Waals surface area contributed by atoms with Crippen molar-refractivity contribution in [3.63, 3.8) is 0 Å². The van der Waals surface area contributed by atoms with Crippen LogP contribution in [-0.4, -0.2) is 27.7 Å². The predicted octanol–water partition coefficient (Wildman–Crippen LogP) is 4.21. The average Bonchev–Trinajstić information content (AvgIpc) is 2.89. The number of hydrogen-bond acceptors (Lipinski definition) is 3. The quantitative estimate of drug-likeness (QED) is 0.874. The highest BCUT2D eigenvalue weighted by atomic mass is 32.2. The molecule has 3 rings (SSSR count). The fraction of sp³-hybridized carbons (Fsp3) is 0.400. The van der Waals surface area contributed by atoms with Crippen molar-refractivity contribution in [1.82, 2.24) is 9.99 Å². The van der Waals surface area contributed by atoms with Crippen molar-refractivity contribution in [2.75, 3.05) is 12.3 Å². The first-order valence-electron chi connectivity index (χ1n) is 8.75. The monoisotopic (exact) mass is 354 g/mol. The summed E-state index contributed by atoms with van der Waals surface area (Å²) in [6.07, 6.45) is 0. The zero-order chi connectivity index (χ0) is 17.8. The maximum absolute atomic E-state index is 4.58. The number of nitrogens with zero attached hydrogens (tertiary/aromatic N) is 3. The molecule has 0 aliphatic carbocycles. The van der Waals surface area contributed by atoms with Gasteiger partial charge < -0.3 is 4.57 Å². The van der Waals surface area contributed by atoms with Crippen molar-refractivity contribution < 1.29 is 0 Å². The minimum absolute atomic E-state index is 0.567. The summed E-state index contributed by atoms with van der Waals surface area (Å²) < 4.78 is 2.36. The number of nitrogens with one attached hydrogen (secondary N) is 1. The van der Waals surface area contributed by atoms with E-state index in [4.69, 9.17) is 0 Å². The maximum Gasteiger partial charge on any atom is 0.177 e. The van der Waals surface area contributed by atoms with Gasteiger partial charge in [-0.1, -0.05) is 55.9 Å². The Hall–Kier alpha value is -2.01. The molecule has 1 aromatic carbocycles. The zero-order valence-electron chi connectivity index (χ0n) is 15.4. The van der Waals surface area contributed by atoms with Crippen molar-refractivity contribution in [2.45, 2.75) is 34.2 Å². The van der Waals surface area contributed by atoms with Crippen LogP contribution in [0, 0.1) is 19.8 Å². The number of hydrazone groups is 1. The highest BCUT2D eigenvalue weighted by Crippen LogP contribution is 2.21. The molecule has 0 unspecified atom stereocenters. The Labute approximate surface area is 154 Å². The second kappa shape index (κ2) is 7.91. The van der Waals surface area contributed by atoms with Gasteiger partial charge in [0.1, 0.15) is 0 Å². The third-order valence-electron chi connectivity index (χ3n) is 4.30. The van der Waals surface area contributed by atoms with E-state index in [1.165, 1.54) is 22.5 Å². The van der Waals surface area contributed by atoms with Crippen LogP contribution in [0.25, 0.3) is 0 Å². The molecule has 1 aliphatic heterocycles. The summed E-state index contributed by atoms with van der Waals surface area (Å²) >= 11 is 1.73. The second-order valence-electron chi connectivity index (χ2n) is 6.86. The Kier molecular flexibility index (Phi) is 5.63. The molecule has 0 saturated heterocycles. The van der Waals surface area contributed by atoms with Gasteiger partial charge in [0.2, 0.25) is 0 Å². The summed E-state index contributed by atoms with van der Waals surface area (Å²) in [5, 5.41) is 5.51. The lowest BCUT2D eigenvalue weighted by Crippen LogP contribution is -2.26. The number of thioether (sulfide) groups is 1. The number of benzene rings is 1. The summed E-state index contributed by atoms with van der Waals surface area (Å²) in [5.41, 5.74) is 9.30. The van der Waals surface area contributed by atoms with E-state index in [1.807, 2.05) is 0 Å². The molecule has 0 atom stereocenters. The highest BCUT2D eigenvalue weighted by molar-refractivity contribution is 8.14. The van der Waals surface area contributed by atoms with Crippen molar-refractivity contribution in [3.8, 4) is 0 Å². The van der Waals surface area contributed by atoms with Crippen LogP contribution in [0.1, 0.15) is 36.4 Å². The Morgan fingerprint density at radius 3 is 2.64 bits per heavy atom. The van der Waals surface area contributed by atoms with Crippen LogP contribution in [-0.2, 0) is 6.54 Å². The average molecular weight is 355 g/mol. The largest absolute Gasteiger partial charge is 0.344 e. The van der Waals surface area contributed by atoms with Crippen LogP contribution in [0.15, 0.2) is 46.5 Å². The first-order chi connectivity index (χ1) is 12.0. The molecule has 1 N–H and O–H groups in total. The number of aromatic nitrogens is 1. The molecule has 1 aliphatic rings. The van der Waals surface area contributed by atoms with E-state index in [0.717, 1.165) is 29.7 Å². The van der Waals surface area contributed by atoms with E-state index < -0.39 is 0 Å². The standard InChI is InChI=1S/C20H26N4S/c1-14(2)11-21-20-23-22-19(13-25-20)18-10-15(3)24(16(18)4)12-17-8-6-5-7-9-17/h5-10,14H,11-13H2,1-4H3,(H,21,23). The molecule has 0 fully saturated rings. The first kappa shape index (κ1) is 17.8. The fourth-order valence-corrected chi connectivity index (χ4v) is 3.67. The van der Waals surface area contributed by atoms with Crippen LogP contribution in [0.3, 0.4) is 0 Å². The van der Waals surface area contributed by atoms with Gasteiger partial charge in [-0.3, -0.25) is 10.4 Å². The highest BCUT2D eigenvalue weighted by Gasteiger charge is 2.18. The van der Waals surface area contributed by atoms with Crippen molar-refractivity contribution >= 4 is 22.6 Å². The Balaban J connectivity index is 1.78. The normalized spacial score (nSPS) is 16.2. The van der Waals surface area contributed by atoms with E-state index in [9.17, 15) is 0 Å². The summed E-state index contributed by atoms with van der Waals surface area (Å²) in [6, 6.07) is 12.8. The van der Waals surface area contributed by atoms with Crippen LogP contribution >= 0.6 is 11.8 Å². The van der Waals surface area contributed by atoms with Crippen LogP contribution in [0.4, 0.5) is 0 Å². The summed E-state index contributed by atoms with van der Waals surface area (Å²) in [4.78, 5) is 4.57. The smallest absolute Gasteiger partial charge is 0.177 e. The molecule has 0 spiro atoms. The molecular formula is C20H26N4S. The minimum atomic E-state index is 0.567. The van der Waals surface area contributed by atoms with Crippen molar-refractivity contribution in [3.05, 3.63) is 58.9 Å². The third-order valence-corrected chi connectivity index (χ3v) is 5.21. The fourth-order valence-electron chi connectivity index (χ4n) is 2.90. The molecule has 1 aromatic heterocycles. The van der Waals surface area contributed by atoms with Gasteiger partial charge in [0.25, 0.3) is 0 Å². The van der Waals surface area contributed by atoms with Gasteiger partial charge in [-0.25, -0.2) is 0 Å². The molecule has 5 heteroatoms. The lowest BCUT2D eigenvalue weighted by atomic mass is 10.1. The molecule has 4 nitrogen and oxygen atoms in total. The number of aryl methyl sites for hydroxylation is 1. The van der Waals surface area contributed by atoms with Gasteiger partial charge in [-0.15, -0.1) is 0 Å². The van der Waals surface area contributed by atoms with Gasteiger partial charge in [-0.05, 0) is 31.4 Å². The van der Waals surface area contributed by atoms with Gasteiger partial charge >= 0.3 is 0 Å². The molecule has 25 heavy (non-hydrogen) atoms. The summed E-state index contributed by atoms with van der Waals surface area (Å²) in [5.74, 6) is 1.43. The number of rotatable bonds is 5. The molecule has 132 valence electrons. The van der Waals surface area contributed by atoms with E-state index in [0.29, 0.717) is 5.92 Å². The topological polar surface area (TPSA) is 41.7 Å². The molecule has 2 aromatic rings. The van der Waals surface area contributed by atoms with E-state index in [2.05, 4.69) is 84.2 Å². The van der Waals surface area contributed by atoms with Gasteiger partial charge in [0, 0.05) is 35.8 Å². The van der Waals surface area contributed by atoms with Crippen LogP contribution < -0.4 is 5.43 Å². The summed E-state index contributed by atoms with van der Waals surface area (Å²) in [6.45, 7) is 10.4. The lowest BCUT2D eigenvalue weighted by Gasteiger charge is -2.16. The van der Waals surface area contributed by atoms with Crippen LogP contribution in [0.5, 0.6) is 0 Å². The minimum Gasteiger partial charge on any atom is -0.344 e. The van der Waals surface area contributed by atoms with Crippen molar-refractivity contribution in [2.24, 2.45) is 16.0 Å². The van der Waals surface area contributed by atoms with Gasteiger partial charge in [0.05, 0.1) is 5.71 Å². The zero-order valence-corrected chi connectivity index (χ0v) is 16.2. The van der Waals surface area contributed by atoms with Gasteiger partial charge in [-0.2, -0.15) is 5.10 Å². The number of aliphatic imine (C=N–C) groups is 1. The third kappa shape index (κ3) is 4.34. The van der Waals surface area contributed by atoms with Crippen LogP contribution in [0.2, 0.25) is 0 Å². The molecule has 0 bridgehead atoms. The van der Waals surface area contributed by atoms with E-state index >= 15 is 0 Å². The molecule has 0 saturated carbocycles. The van der Waals surface area contributed by atoms with E-state index in [1.54, 1.807) is 11.8 Å². The first-order valence-corrected chi connectivity index (χ1v) is 9.74. The Morgan fingerprint density at radius 2 is 2.00 bits per heavy atom. The van der Waals surface area contributed by atoms with Gasteiger partial charge in [0.15, 0.2) is 5.17 Å². The molecular weight excluding hydrogens is 328 g/mol.